The summed E-state index contributed by atoms with van der Waals surface area (Å²) >= 11 is 0. The Kier molecular flexibility index (Phi) is 1.70. The molecule has 8 heavy (non-hydrogen) atoms. The number of amides is 1. The summed E-state index contributed by atoms with van der Waals surface area (Å²) in [6.45, 7) is 0. The maximum atomic E-state index is 10.0. The first-order valence-electron chi connectivity index (χ1n) is 1.86. The molecule has 0 atom stereocenters. The average Bonchev–Trinajstić information content (AvgIpc) is 1.64. The molecular formula is C3H8N4O. The highest BCUT2D eigenvalue weighted by molar-refractivity contribution is 5.91. The molecular weight excluding hydrogens is 108 g/mol. The number of hydrogen-bond donors (Lipinski definition) is 4. The zero-order valence-electron chi connectivity index (χ0n) is 4.22. The predicted molar refractivity (Wildman–Crippen MR) is 28.8 cm³/mol. The topological polar surface area (TPSA) is 121 Å². The van der Waals surface area contributed by atoms with Gasteiger partial charge >= 0.3 is 0 Å². The molecule has 0 spiro atoms. The van der Waals surface area contributed by atoms with E-state index in [0.717, 1.165) is 0 Å². The Morgan fingerprint density at radius 1 is 1.00 bits per heavy atom. The van der Waals surface area contributed by atoms with E-state index in [-0.39, 0.29) is 11.5 Å². The van der Waals surface area contributed by atoms with Crippen molar-refractivity contribution in [1.29, 1.82) is 0 Å². The highest BCUT2D eigenvalue weighted by atomic mass is 16.1. The summed E-state index contributed by atoms with van der Waals surface area (Å²) in [6, 6.07) is 0. The lowest BCUT2D eigenvalue weighted by atomic mass is 10.4. The standard InChI is InChI=1S/C3H8N4O/c4-1(2(5)6)3(7)8/h4-6H2,(H2,7,8). The van der Waals surface area contributed by atoms with E-state index < -0.39 is 5.91 Å². The van der Waals surface area contributed by atoms with Crippen molar-refractivity contribution in [2.24, 2.45) is 22.9 Å². The van der Waals surface area contributed by atoms with E-state index in [1.54, 1.807) is 0 Å². The van der Waals surface area contributed by atoms with E-state index in [0.29, 0.717) is 0 Å². The van der Waals surface area contributed by atoms with Crippen molar-refractivity contribution in [1.82, 2.24) is 0 Å². The second-order valence-electron chi connectivity index (χ2n) is 1.23. The normalized spacial score (nSPS) is 8.00. The molecule has 0 aliphatic rings. The molecule has 5 heteroatoms. The Balaban J connectivity index is 4.23. The molecule has 0 fully saturated rings. The number of rotatable bonds is 1. The molecule has 0 unspecified atom stereocenters. The summed E-state index contributed by atoms with van der Waals surface area (Å²) in [4.78, 5) is 10.0. The summed E-state index contributed by atoms with van der Waals surface area (Å²) in [5, 5.41) is 0. The zero-order chi connectivity index (χ0) is 6.73. The van der Waals surface area contributed by atoms with Crippen molar-refractivity contribution < 1.29 is 4.79 Å². The van der Waals surface area contributed by atoms with E-state index in [1.807, 2.05) is 0 Å². The van der Waals surface area contributed by atoms with Crippen molar-refractivity contribution in [2.45, 2.75) is 0 Å². The van der Waals surface area contributed by atoms with E-state index in [4.69, 9.17) is 17.2 Å². The first-order valence-corrected chi connectivity index (χ1v) is 1.86. The van der Waals surface area contributed by atoms with Gasteiger partial charge in [0, 0.05) is 0 Å². The third-order valence-corrected chi connectivity index (χ3v) is 0.576. The first kappa shape index (κ1) is 6.61. The van der Waals surface area contributed by atoms with E-state index in [2.05, 4.69) is 5.73 Å². The van der Waals surface area contributed by atoms with Crippen LogP contribution in [0.25, 0.3) is 0 Å². The van der Waals surface area contributed by atoms with Crippen molar-refractivity contribution in [3.05, 3.63) is 11.5 Å². The van der Waals surface area contributed by atoms with E-state index in [1.165, 1.54) is 0 Å². The van der Waals surface area contributed by atoms with E-state index in [9.17, 15) is 4.79 Å². The van der Waals surface area contributed by atoms with Crippen molar-refractivity contribution >= 4 is 5.91 Å². The molecule has 0 aliphatic heterocycles. The van der Waals surface area contributed by atoms with Crippen molar-refractivity contribution in [2.75, 3.05) is 0 Å². The van der Waals surface area contributed by atoms with Crippen LogP contribution in [0.2, 0.25) is 0 Å². The summed E-state index contributed by atoms with van der Waals surface area (Å²) in [6.07, 6.45) is 0. The third-order valence-electron chi connectivity index (χ3n) is 0.576. The zero-order valence-corrected chi connectivity index (χ0v) is 4.22. The Morgan fingerprint density at radius 3 is 1.38 bits per heavy atom. The van der Waals surface area contributed by atoms with Gasteiger partial charge in [0.1, 0.15) is 11.5 Å². The van der Waals surface area contributed by atoms with Crippen molar-refractivity contribution in [3.63, 3.8) is 0 Å². The summed E-state index contributed by atoms with van der Waals surface area (Å²) < 4.78 is 0. The van der Waals surface area contributed by atoms with Crippen LogP contribution in [0.4, 0.5) is 0 Å². The lowest BCUT2D eigenvalue weighted by molar-refractivity contribution is -0.114. The molecule has 46 valence electrons. The van der Waals surface area contributed by atoms with Crippen LogP contribution in [0, 0.1) is 0 Å². The minimum Gasteiger partial charge on any atom is -0.391 e. The highest BCUT2D eigenvalue weighted by Gasteiger charge is 1.99. The second-order valence-corrected chi connectivity index (χ2v) is 1.23. The average molecular weight is 116 g/mol. The maximum Gasteiger partial charge on any atom is 0.268 e. The smallest absolute Gasteiger partial charge is 0.268 e. The van der Waals surface area contributed by atoms with E-state index >= 15 is 0 Å². The SMILES string of the molecule is NC(=O)C(N)=C(N)N. The minimum absolute atomic E-state index is 0.238. The molecule has 0 saturated carbocycles. The molecule has 0 aliphatic carbocycles. The molecule has 0 heterocycles. The van der Waals surface area contributed by atoms with Gasteiger partial charge in [0.2, 0.25) is 0 Å². The molecule has 0 radical (unpaired) electrons. The Bertz CT molecular complexity index is 134. The van der Waals surface area contributed by atoms with Crippen LogP contribution in [-0.2, 0) is 4.79 Å². The van der Waals surface area contributed by atoms with Gasteiger partial charge in [-0.05, 0) is 0 Å². The first-order chi connectivity index (χ1) is 3.55. The van der Waals surface area contributed by atoms with Gasteiger partial charge in [-0.1, -0.05) is 0 Å². The maximum absolute atomic E-state index is 10.0. The van der Waals surface area contributed by atoms with Gasteiger partial charge < -0.3 is 22.9 Å². The largest absolute Gasteiger partial charge is 0.391 e. The van der Waals surface area contributed by atoms with Crippen LogP contribution in [-0.4, -0.2) is 5.91 Å². The lowest BCUT2D eigenvalue weighted by Gasteiger charge is -1.94. The summed E-state index contributed by atoms with van der Waals surface area (Å²) in [7, 11) is 0. The van der Waals surface area contributed by atoms with Crippen LogP contribution >= 0.6 is 0 Å². The number of carbonyl (C=O) groups excluding carboxylic acids is 1. The molecule has 5 nitrogen and oxygen atoms in total. The molecule has 0 aromatic carbocycles. The third kappa shape index (κ3) is 1.38. The van der Waals surface area contributed by atoms with Gasteiger partial charge in [0.15, 0.2) is 0 Å². The molecule has 1 amide bonds. The van der Waals surface area contributed by atoms with Gasteiger partial charge in [-0.15, -0.1) is 0 Å². The van der Waals surface area contributed by atoms with Gasteiger partial charge in [0.25, 0.3) is 5.91 Å². The fraction of sp³-hybridized carbons (Fsp3) is 0. The van der Waals surface area contributed by atoms with Crippen LogP contribution in [0.15, 0.2) is 11.5 Å². The Labute approximate surface area is 46.3 Å². The lowest BCUT2D eigenvalue weighted by Crippen LogP contribution is -2.27. The summed E-state index contributed by atoms with van der Waals surface area (Å²) in [5.41, 5.74) is 19.0. The fourth-order valence-electron chi connectivity index (χ4n) is 0.142. The molecule has 0 saturated heterocycles. The van der Waals surface area contributed by atoms with Crippen LogP contribution in [0.5, 0.6) is 0 Å². The van der Waals surface area contributed by atoms with Crippen LogP contribution in [0.3, 0.4) is 0 Å². The molecule has 0 rings (SSSR count). The number of carbonyl (C=O) groups is 1. The van der Waals surface area contributed by atoms with Crippen LogP contribution in [0.1, 0.15) is 0 Å². The molecule has 0 aromatic heterocycles. The van der Waals surface area contributed by atoms with Crippen LogP contribution < -0.4 is 22.9 Å². The molecule has 0 bridgehead atoms. The van der Waals surface area contributed by atoms with Crippen molar-refractivity contribution in [3.8, 4) is 0 Å². The Hall–Kier alpha value is -1.39. The second kappa shape index (κ2) is 2.06. The number of nitrogens with two attached hydrogens (primary N) is 4. The summed E-state index contributed by atoms with van der Waals surface area (Å²) in [5.74, 6) is -1.04. The van der Waals surface area contributed by atoms with Gasteiger partial charge in [-0.25, -0.2) is 0 Å². The Morgan fingerprint density at radius 2 is 1.38 bits per heavy atom. The predicted octanol–water partition coefficient (Wildman–Crippen LogP) is -2.48. The monoisotopic (exact) mass is 116 g/mol. The quantitative estimate of drug-likeness (QED) is 0.283. The molecule has 8 N–H and O–H groups in total. The minimum atomic E-state index is -0.801. The fourth-order valence-corrected chi connectivity index (χ4v) is 0.142. The number of primary amides is 1. The molecule has 0 aromatic rings. The van der Waals surface area contributed by atoms with Gasteiger partial charge in [0.05, 0.1) is 0 Å². The highest BCUT2D eigenvalue weighted by Crippen LogP contribution is 1.77. The van der Waals surface area contributed by atoms with Gasteiger partial charge in [-0.2, -0.15) is 0 Å². The van der Waals surface area contributed by atoms with Gasteiger partial charge in [-0.3, -0.25) is 4.79 Å². The number of hydrogen-bond acceptors (Lipinski definition) is 4.